The van der Waals surface area contributed by atoms with Crippen molar-refractivity contribution in [3.05, 3.63) is 0 Å². The monoisotopic (exact) mass is 212 g/mol. The van der Waals surface area contributed by atoms with Crippen molar-refractivity contribution in [2.45, 2.75) is 70.9 Å². The van der Waals surface area contributed by atoms with Gasteiger partial charge >= 0.3 is 0 Å². The van der Waals surface area contributed by atoms with E-state index < -0.39 is 0 Å². The topological polar surface area (TPSA) is 29.3 Å². The molecule has 90 valence electrons. The lowest BCUT2D eigenvalue weighted by molar-refractivity contribution is -0.0274. The zero-order chi connectivity index (χ0) is 11.5. The first-order valence-corrected chi connectivity index (χ1v) is 6.38. The number of nitrogens with zero attached hydrogens (tertiary/aromatic N) is 1. The molecule has 0 radical (unpaired) electrons. The van der Waals surface area contributed by atoms with Crippen LogP contribution in [0.5, 0.6) is 0 Å². The van der Waals surface area contributed by atoms with Gasteiger partial charge < -0.3 is 5.73 Å². The van der Waals surface area contributed by atoms with E-state index in [0.29, 0.717) is 11.1 Å². The van der Waals surface area contributed by atoms with E-state index in [1.807, 2.05) is 0 Å². The van der Waals surface area contributed by atoms with E-state index in [1.54, 1.807) is 0 Å². The largest absolute Gasteiger partial charge is 0.330 e. The molecule has 2 heteroatoms. The van der Waals surface area contributed by atoms with Crippen LogP contribution >= 0.6 is 0 Å². The molecule has 0 bridgehead atoms. The van der Waals surface area contributed by atoms with Gasteiger partial charge in [0.05, 0.1) is 0 Å². The van der Waals surface area contributed by atoms with Gasteiger partial charge in [-0.15, -0.1) is 0 Å². The molecular weight excluding hydrogens is 184 g/mol. The second-order valence-electron chi connectivity index (χ2n) is 6.13. The van der Waals surface area contributed by atoms with Crippen molar-refractivity contribution in [3.8, 4) is 0 Å². The Morgan fingerprint density at radius 2 is 1.53 bits per heavy atom. The molecule has 1 aliphatic rings. The fourth-order valence-corrected chi connectivity index (χ4v) is 3.06. The highest BCUT2D eigenvalue weighted by Gasteiger charge is 2.40. The highest BCUT2D eigenvalue weighted by atomic mass is 15.3. The normalized spacial score (nSPS) is 25.4. The van der Waals surface area contributed by atoms with E-state index in [2.05, 4.69) is 32.6 Å². The summed E-state index contributed by atoms with van der Waals surface area (Å²) in [5.74, 6) is 0. The average Bonchev–Trinajstić information content (AvgIpc) is 2.09. The van der Waals surface area contributed by atoms with Crippen LogP contribution in [0.2, 0.25) is 0 Å². The van der Waals surface area contributed by atoms with Crippen LogP contribution in [0.4, 0.5) is 0 Å². The van der Waals surface area contributed by atoms with Crippen molar-refractivity contribution in [2.75, 3.05) is 13.1 Å². The van der Waals surface area contributed by atoms with Gasteiger partial charge in [0.25, 0.3) is 0 Å². The van der Waals surface area contributed by atoms with E-state index >= 15 is 0 Å². The summed E-state index contributed by atoms with van der Waals surface area (Å²) in [6.07, 6.45) is 6.43. The average molecular weight is 212 g/mol. The van der Waals surface area contributed by atoms with Gasteiger partial charge in [-0.05, 0) is 72.9 Å². The highest BCUT2D eigenvalue weighted by Crippen LogP contribution is 2.38. The maximum atomic E-state index is 5.56. The molecule has 0 aliphatic carbocycles. The Morgan fingerprint density at radius 1 is 1.00 bits per heavy atom. The fourth-order valence-electron chi connectivity index (χ4n) is 3.06. The van der Waals surface area contributed by atoms with Crippen molar-refractivity contribution < 1.29 is 0 Å². The van der Waals surface area contributed by atoms with Crippen LogP contribution in [0.3, 0.4) is 0 Å². The van der Waals surface area contributed by atoms with Gasteiger partial charge in [0.15, 0.2) is 0 Å². The fraction of sp³-hybridized carbons (Fsp3) is 1.00. The zero-order valence-electron chi connectivity index (χ0n) is 11.0. The van der Waals surface area contributed by atoms with Gasteiger partial charge in [0.2, 0.25) is 0 Å². The number of likely N-dealkylation sites (tertiary alicyclic amines) is 1. The van der Waals surface area contributed by atoms with Gasteiger partial charge in [0, 0.05) is 11.1 Å². The third-order valence-electron chi connectivity index (χ3n) is 3.87. The standard InChI is InChI=1S/C13H28N2/c1-12(2)8-7-9-13(3,4)15(12)11-6-5-10-14/h5-11,14H2,1-4H3. The molecule has 0 unspecified atom stereocenters. The molecule has 1 rings (SSSR count). The summed E-state index contributed by atoms with van der Waals surface area (Å²) in [5, 5.41) is 0. The Hall–Kier alpha value is -0.0800. The maximum absolute atomic E-state index is 5.56. The molecule has 0 saturated carbocycles. The second kappa shape index (κ2) is 4.84. The van der Waals surface area contributed by atoms with Gasteiger partial charge in [-0.25, -0.2) is 0 Å². The summed E-state index contributed by atoms with van der Waals surface area (Å²) in [5.41, 5.74) is 6.30. The summed E-state index contributed by atoms with van der Waals surface area (Å²) >= 11 is 0. The molecule has 2 nitrogen and oxygen atoms in total. The summed E-state index contributed by atoms with van der Waals surface area (Å²) in [6.45, 7) is 11.6. The quantitative estimate of drug-likeness (QED) is 0.726. The van der Waals surface area contributed by atoms with Crippen LogP contribution in [0.15, 0.2) is 0 Å². The minimum Gasteiger partial charge on any atom is -0.330 e. The first-order valence-electron chi connectivity index (χ1n) is 6.38. The predicted molar refractivity (Wildman–Crippen MR) is 67.0 cm³/mol. The Balaban J connectivity index is 2.60. The van der Waals surface area contributed by atoms with E-state index in [4.69, 9.17) is 5.73 Å². The number of hydrogen-bond donors (Lipinski definition) is 1. The molecule has 1 aliphatic heterocycles. The zero-order valence-corrected chi connectivity index (χ0v) is 11.0. The van der Waals surface area contributed by atoms with E-state index in [0.717, 1.165) is 13.0 Å². The minimum absolute atomic E-state index is 0.371. The van der Waals surface area contributed by atoms with Gasteiger partial charge in [0.1, 0.15) is 0 Å². The van der Waals surface area contributed by atoms with E-state index in [-0.39, 0.29) is 0 Å². The van der Waals surface area contributed by atoms with Crippen LogP contribution in [-0.4, -0.2) is 29.1 Å². The molecule has 2 N–H and O–H groups in total. The summed E-state index contributed by atoms with van der Waals surface area (Å²) in [6, 6.07) is 0. The van der Waals surface area contributed by atoms with Crippen molar-refractivity contribution >= 4 is 0 Å². The number of piperidine rings is 1. The molecule has 15 heavy (non-hydrogen) atoms. The van der Waals surface area contributed by atoms with Gasteiger partial charge in [-0.2, -0.15) is 0 Å². The molecule has 0 aromatic heterocycles. The van der Waals surface area contributed by atoms with E-state index in [1.165, 1.54) is 32.2 Å². The van der Waals surface area contributed by atoms with Gasteiger partial charge in [-0.1, -0.05) is 0 Å². The Labute approximate surface area is 95.2 Å². The van der Waals surface area contributed by atoms with Crippen LogP contribution in [0.1, 0.15) is 59.8 Å². The Bertz CT molecular complexity index is 181. The predicted octanol–water partition coefficient (Wildman–Crippen LogP) is 2.77. The first kappa shape index (κ1) is 13.0. The third kappa shape index (κ3) is 3.18. The number of rotatable bonds is 4. The van der Waals surface area contributed by atoms with E-state index in [9.17, 15) is 0 Å². The second-order valence-corrected chi connectivity index (χ2v) is 6.13. The number of hydrogen-bond acceptors (Lipinski definition) is 2. The van der Waals surface area contributed by atoms with Crippen molar-refractivity contribution in [3.63, 3.8) is 0 Å². The van der Waals surface area contributed by atoms with Crippen molar-refractivity contribution in [1.82, 2.24) is 4.90 Å². The summed E-state index contributed by atoms with van der Waals surface area (Å²) < 4.78 is 0. The lowest BCUT2D eigenvalue weighted by atomic mass is 9.79. The van der Waals surface area contributed by atoms with Crippen LogP contribution in [0, 0.1) is 0 Å². The maximum Gasteiger partial charge on any atom is 0.0158 e. The summed E-state index contributed by atoms with van der Waals surface area (Å²) in [4.78, 5) is 2.69. The minimum atomic E-state index is 0.371. The van der Waals surface area contributed by atoms with Crippen LogP contribution in [0.25, 0.3) is 0 Å². The third-order valence-corrected chi connectivity index (χ3v) is 3.87. The SMILES string of the molecule is CC1(C)CCCC(C)(C)N1CCCCN. The molecule has 0 aromatic rings. The molecule has 1 fully saturated rings. The van der Waals surface area contributed by atoms with Crippen LogP contribution in [-0.2, 0) is 0 Å². The first-order chi connectivity index (χ1) is 6.90. The van der Waals surface area contributed by atoms with Crippen molar-refractivity contribution in [1.29, 1.82) is 0 Å². The summed E-state index contributed by atoms with van der Waals surface area (Å²) in [7, 11) is 0. The Morgan fingerprint density at radius 3 is 2.00 bits per heavy atom. The van der Waals surface area contributed by atoms with Crippen LogP contribution < -0.4 is 5.73 Å². The molecule has 1 heterocycles. The molecule has 0 amide bonds. The molecule has 0 spiro atoms. The lowest BCUT2D eigenvalue weighted by Crippen LogP contribution is -2.58. The molecule has 0 atom stereocenters. The molecule has 1 saturated heterocycles. The molecular formula is C13H28N2. The van der Waals surface area contributed by atoms with Gasteiger partial charge in [-0.3, -0.25) is 4.90 Å². The Kier molecular flexibility index (Phi) is 4.19. The highest BCUT2D eigenvalue weighted by molar-refractivity contribution is 4.96. The van der Waals surface area contributed by atoms with Crippen molar-refractivity contribution in [2.24, 2.45) is 5.73 Å². The lowest BCUT2D eigenvalue weighted by Gasteiger charge is -2.53. The smallest absolute Gasteiger partial charge is 0.0158 e. The number of unbranched alkanes of at least 4 members (excludes halogenated alkanes) is 1. The number of nitrogens with two attached hydrogens (primary N) is 1. The molecule has 0 aromatic carbocycles.